The Kier molecular flexibility index (Phi) is 4.23. The predicted octanol–water partition coefficient (Wildman–Crippen LogP) is 2.32. The average molecular weight is 291 g/mol. The molecule has 0 bridgehead atoms. The second-order valence-corrected chi connectivity index (χ2v) is 6.38. The van der Waals surface area contributed by atoms with Crippen molar-refractivity contribution in [1.29, 1.82) is 0 Å². The van der Waals surface area contributed by atoms with Crippen LogP contribution in [-0.4, -0.2) is 52.7 Å². The molecule has 1 aromatic rings. The third kappa shape index (κ3) is 3.02. The van der Waals surface area contributed by atoms with Gasteiger partial charge in [-0.25, -0.2) is 9.78 Å². The van der Waals surface area contributed by atoms with E-state index in [1.165, 1.54) is 0 Å². The number of aromatic nitrogens is 1. The van der Waals surface area contributed by atoms with Gasteiger partial charge in [0.15, 0.2) is 0 Å². The highest BCUT2D eigenvalue weighted by molar-refractivity contribution is 5.90. The molecule has 1 fully saturated rings. The van der Waals surface area contributed by atoms with Crippen LogP contribution in [-0.2, 0) is 0 Å². The molecule has 2 rings (SSSR count). The first-order chi connectivity index (χ1) is 9.76. The Hall–Kier alpha value is -1.62. The number of carbonyl (C=O) groups is 1. The zero-order chi connectivity index (χ0) is 15.8. The van der Waals surface area contributed by atoms with Crippen LogP contribution >= 0.6 is 0 Å². The Morgan fingerprint density at radius 1 is 1.38 bits per heavy atom. The van der Waals surface area contributed by atoms with E-state index in [1.54, 1.807) is 6.92 Å². The van der Waals surface area contributed by atoms with E-state index in [0.717, 1.165) is 37.6 Å². The Labute approximate surface area is 126 Å². The second kappa shape index (κ2) is 5.64. The lowest BCUT2D eigenvalue weighted by Gasteiger charge is -2.47. The van der Waals surface area contributed by atoms with Gasteiger partial charge in [-0.1, -0.05) is 6.92 Å². The third-order valence-electron chi connectivity index (χ3n) is 4.38. The van der Waals surface area contributed by atoms with Crippen LogP contribution in [0.25, 0.3) is 0 Å². The van der Waals surface area contributed by atoms with Gasteiger partial charge < -0.3 is 10.0 Å². The van der Waals surface area contributed by atoms with Crippen LogP contribution in [0.5, 0.6) is 0 Å². The summed E-state index contributed by atoms with van der Waals surface area (Å²) in [5.41, 5.74) is 1.79. The summed E-state index contributed by atoms with van der Waals surface area (Å²) >= 11 is 0. The number of aryl methyl sites for hydroxylation is 2. The van der Waals surface area contributed by atoms with Gasteiger partial charge in [0, 0.05) is 25.2 Å². The average Bonchev–Trinajstić information content (AvgIpc) is 2.36. The first-order valence-electron chi connectivity index (χ1n) is 7.48. The number of hydrogen-bond donors (Lipinski definition) is 1. The van der Waals surface area contributed by atoms with Crippen LogP contribution in [0.15, 0.2) is 6.07 Å². The third-order valence-corrected chi connectivity index (χ3v) is 4.38. The van der Waals surface area contributed by atoms with Gasteiger partial charge in [0.1, 0.15) is 5.82 Å². The maximum atomic E-state index is 11.3. The summed E-state index contributed by atoms with van der Waals surface area (Å²) in [7, 11) is 0. The van der Waals surface area contributed by atoms with Gasteiger partial charge in [-0.3, -0.25) is 4.90 Å². The number of carboxylic acid groups (broad SMARTS) is 1. The predicted molar refractivity (Wildman–Crippen MR) is 84.2 cm³/mol. The Morgan fingerprint density at radius 3 is 2.52 bits per heavy atom. The van der Waals surface area contributed by atoms with Gasteiger partial charge in [0.25, 0.3) is 0 Å². The van der Waals surface area contributed by atoms with Crippen LogP contribution < -0.4 is 4.90 Å². The normalized spacial score (nSPS) is 18.8. The van der Waals surface area contributed by atoms with Crippen LogP contribution in [0.3, 0.4) is 0 Å². The number of anilines is 1. The van der Waals surface area contributed by atoms with Crippen molar-refractivity contribution >= 4 is 11.8 Å². The topological polar surface area (TPSA) is 56.7 Å². The lowest BCUT2D eigenvalue weighted by Crippen LogP contribution is -2.59. The van der Waals surface area contributed by atoms with Gasteiger partial charge in [-0.15, -0.1) is 0 Å². The highest BCUT2D eigenvalue weighted by Crippen LogP contribution is 2.26. The van der Waals surface area contributed by atoms with Gasteiger partial charge in [0.2, 0.25) is 0 Å². The molecule has 0 spiro atoms. The fraction of sp³-hybridized carbons (Fsp3) is 0.625. The van der Waals surface area contributed by atoms with Crippen LogP contribution in [0, 0.1) is 13.8 Å². The second-order valence-electron chi connectivity index (χ2n) is 6.38. The lowest BCUT2D eigenvalue weighted by atomic mass is 9.98. The first-order valence-corrected chi connectivity index (χ1v) is 7.48. The smallest absolute Gasteiger partial charge is 0.337 e. The van der Waals surface area contributed by atoms with Gasteiger partial charge in [0.05, 0.1) is 11.3 Å². The van der Waals surface area contributed by atoms with Crippen LogP contribution in [0.1, 0.15) is 42.4 Å². The molecule has 1 aliphatic rings. The maximum absolute atomic E-state index is 11.3. The summed E-state index contributed by atoms with van der Waals surface area (Å²) in [6.07, 6.45) is 0. The molecule has 0 saturated carbocycles. The minimum atomic E-state index is -0.903. The van der Waals surface area contributed by atoms with Crippen molar-refractivity contribution in [2.75, 3.05) is 31.1 Å². The highest BCUT2D eigenvalue weighted by atomic mass is 16.4. The van der Waals surface area contributed by atoms with Gasteiger partial charge in [-0.05, 0) is 45.9 Å². The van der Waals surface area contributed by atoms with Crippen molar-refractivity contribution in [3.63, 3.8) is 0 Å². The summed E-state index contributed by atoms with van der Waals surface area (Å²) < 4.78 is 0. The Morgan fingerprint density at radius 2 is 2.05 bits per heavy atom. The molecule has 116 valence electrons. The monoisotopic (exact) mass is 291 g/mol. The van der Waals surface area contributed by atoms with E-state index < -0.39 is 5.97 Å². The minimum absolute atomic E-state index is 0.0992. The van der Waals surface area contributed by atoms with Crippen molar-refractivity contribution in [2.24, 2.45) is 0 Å². The van der Waals surface area contributed by atoms with Crippen LogP contribution in [0.2, 0.25) is 0 Å². The maximum Gasteiger partial charge on any atom is 0.337 e. The van der Waals surface area contributed by atoms with E-state index in [1.807, 2.05) is 13.0 Å². The zero-order valence-electron chi connectivity index (χ0n) is 13.6. The van der Waals surface area contributed by atoms with E-state index >= 15 is 0 Å². The molecule has 0 atom stereocenters. The number of pyridine rings is 1. The van der Waals surface area contributed by atoms with Crippen molar-refractivity contribution in [2.45, 2.75) is 40.2 Å². The highest BCUT2D eigenvalue weighted by Gasteiger charge is 2.33. The van der Waals surface area contributed by atoms with Crippen molar-refractivity contribution in [3.05, 3.63) is 22.9 Å². The Balaban J connectivity index is 2.30. The number of piperazine rings is 1. The van der Waals surface area contributed by atoms with E-state index in [4.69, 9.17) is 0 Å². The quantitative estimate of drug-likeness (QED) is 0.926. The molecule has 1 saturated heterocycles. The SMILES string of the molecule is CCN1CCN(c2cc(C)c(C(=O)O)c(C)n2)CC1(C)C. The molecule has 0 radical (unpaired) electrons. The molecular weight excluding hydrogens is 266 g/mol. The zero-order valence-corrected chi connectivity index (χ0v) is 13.6. The van der Waals surface area contributed by atoms with E-state index in [-0.39, 0.29) is 5.54 Å². The van der Waals surface area contributed by atoms with Gasteiger partial charge in [-0.2, -0.15) is 0 Å². The van der Waals surface area contributed by atoms with E-state index in [9.17, 15) is 9.90 Å². The van der Waals surface area contributed by atoms with Crippen molar-refractivity contribution < 1.29 is 9.90 Å². The molecule has 0 unspecified atom stereocenters. The standard InChI is InChI=1S/C16H25N3O2/c1-6-19-8-7-18(10-16(19,4)5)13-9-11(2)14(15(20)21)12(3)17-13/h9H,6-8,10H2,1-5H3,(H,20,21). The summed E-state index contributed by atoms with van der Waals surface area (Å²) in [5.74, 6) is -0.0148. The molecule has 5 heteroatoms. The van der Waals surface area contributed by atoms with Gasteiger partial charge >= 0.3 is 5.97 Å². The number of hydrogen-bond acceptors (Lipinski definition) is 4. The number of likely N-dealkylation sites (N-methyl/N-ethyl adjacent to an activating group) is 1. The molecule has 0 aromatic carbocycles. The van der Waals surface area contributed by atoms with Crippen LogP contribution in [0.4, 0.5) is 5.82 Å². The first kappa shape index (κ1) is 15.8. The molecule has 1 aliphatic heterocycles. The molecule has 0 aliphatic carbocycles. The fourth-order valence-corrected chi connectivity index (χ4v) is 3.27. The fourth-order valence-electron chi connectivity index (χ4n) is 3.27. The van der Waals surface area contributed by atoms with Crippen molar-refractivity contribution in [1.82, 2.24) is 9.88 Å². The number of rotatable bonds is 3. The van der Waals surface area contributed by atoms with E-state index in [0.29, 0.717) is 11.3 Å². The number of carboxylic acids is 1. The molecule has 0 amide bonds. The van der Waals surface area contributed by atoms with E-state index in [2.05, 4.69) is 35.6 Å². The summed E-state index contributed by atoms with van der Waals surface area (Å²) in [4.78, 5) is 20.5. The van der Waals surface area contributed by atoms with Crippen molar-refractivity contribution in [3.8, 4) is 0 Å². The molecular formula is C16H25N3O2. The number of nitrogens with zero attached hydrogens (tertiary/aromatic N) is 3. The molecule has 2 heterocycles. The molecule has 1 N–H and O–H groups in total. The summed E-state index contributed by atoms with van der Waals surface area (Å²) in [5, 5.41) is 9.24. The summed E-state index contributed by atoms with van der Waals surface area (Å²) in [6.45, 7) is 14.2. The molecule has 21 heavy (non-hydrogen) atoms. The lowest BCUT2D eigenvalue weighted by molar-refractivity contribution is 0.0694. The largest absolute Gasteiger partial charge is 0.478 e. The number of aromatic carboxylic acids is 1. The molecule has 1 aromatic heterocycles. The Bertz CT molecular complexity index is 531. The minimum Gasteiger partial charge on any atom is -0.478 e. The summed E-state index contributed by atoms with van der Waals surface area (Å²) in [6, 6.07) is 1.90. The molecule has 5 nitrogen and oxygen atoms in total.